The van der Waals surface area contributed by atoms with Crippen molar-refractivity contribution in [2.24, 2.45) is 0 Å². The quantitative estimate of drug-likeness (QED) is 0.350. The summed E-state index contributed by atoms with van der Waals surface area (Å²) in [6.07, 6.45) is 16.1. The van der Waals surface area contributed by atoms with Crippen LogP contribution < -0.4 is 0 Å². The molecule has 0 fully saturated rings. The maximum atomic E-state index is 3.92. The van der Waals surface area contributed by atoms with Gasteiger partial charge < -0.3 is 0 Å². The number of allylic oxidation sites excluding steroid dienone is 9. The van der Waals surface area contributed by atoms with E-state index in [-0.39, 0.29) is 0 Å². The van der Waals surface area contributed by atoms with Gasteiger partial charge in [0.05, 0.1) is 0 Å². The van der Waals surface area contributed by atoms with E-state index in [1.54, 1.807) is 0 Å². The van der Waals surface area contributed by atoms with Gasteiger partial charge in [-0.2, -0.15) is 0 Å². The Kier molecular flexibility index (Phi) is 13.1. The molecule has 136 valence electrons. The van der Waals surface area contributed by atoms with E-state index in [1.165, 1.54) is 28.7 Å². The minimum Gasteiger partial charge on any atom is -0.0961 e. The lowest BCUT2D eigenvalue weighted by Crippen LogP contribution is -1.91. The first kappa shape index (κ1) is 22.9. The summed E-state index contributed by atoms with van der Waals surface area (Å²) < 4.78 is 0. The Morgan fingerprint density at radius 1 is 0.920 bits per heavy atom. The molecule has 1 rings (SSSR count). The monoisotopic (exact) mass is 336 g/mol. The van der Waals surface area contributed by atoms with Crippen LogP contribution in [-0.2, 0) is 6.42 Å². The van der Waals surface area contributed by atoms with Crippen LogP contribution in [0, 0.1) is 6.92 Å². The molecule has 0 saturated heterocycles. The van der Waals surface area contributed by atoms with Gasteiger partial charge in [-0.05, 0) is 77.5 Å². The van der Waals surface area contributed by atoms with E-state index in [9.17, 15) is 0 Å². The molecule has 0 aromatic heterocycles. The van der Waals surface area contributed by atoms with Gasteiger partial charge in [-0.15, -0.1) is 0 Å². The molecule has 0 nitrogen and oxygen atoms in total. The third-order valence-corrected chi connectivity index (χ3v) is 3.94. The minimum absolute atomic E-state index is 1.09. The molecule has 0 unspecified atom stereocenters. The fourth-order valence-electron chi connectivity index (χ4n) is 2.31. The first-order valence-electron chi connectivity index (χ1n) is 9.26. The van der Waals surface area contributed by atoms with Crippen LogP contribution in [0.3, 0.4) is 0 Å². The molecule has 1 aromatic carbocycles. The number of rotatable bonds is 7. The summed E-state index contributed by atoms with van der Waals surface area (Å²) in [7, 11) is 0. The van der Waals surface area contributed by atoms with E-state index in [0.29, 0.717) is 0 Å². The SMILES string of the molecule is C/C=C\C.C=C(C)\C=C/C(=C\C)C(=C\C)/CCCc1ccc(C)cc1. The van der Waals surface area contributed by atoms with Crippen molar-refractivity contribution in [1.29, 1.82) is 0 Å². The van der Waals surface area contributed by atoms with Crippen molar-refractivity contribution >= 4 is 0 Å². The number of aryl methyl sites for hydroxylation is 2. The second-order valence-corrected chi connectivity index (χ2v) is 6.24. The van der Waals surface area contributed by atoms with E-state index in [4.69, 9.17) is 0 Å². The molecule has 0 aliphatic rings. The molecule has 1 aromatic rings. The second kappa shape index (κ2) is 14.3. The van der Waals surface area contributed by atoms with E-state index < -0.39 is 0 Å². The first-order chi connectivity index (χ1) is 12.0. The van der Waals surface area contributed by atoms with Gasteiger partial charge in [-0.3, -0.25) is 0 Å². The molecule has 0 bridgehead atoms. The predicted octanol–water partition coefficient (Wildman–Crippen LogP) is 7.93. The van der Waals surface area contributed by atoms with Gasteiger partial charge in [0.1, 0.15) is 0 Å². The summed E-state index contributed by atoms with van der Waals surface area (Å²) in [6.45, 7) is 16.3. The van der Waals surface area contributed by atoms with Crippen molar-refractivity contribution in [1.82, 2.24) is 0 Å². The maximum Gasteiger partial charge on any atom is -0.0270 e. The van der Waals surface area contributed by atoms with Crippen LogP contribution in [0.5, 0.6) is 0 Å². The van der Waals surface area contributed by atoms with E-state index in [2.05, 4.69) is 75.9 Å². The van der Waals surface area contributed by atoms with Gasteiger partial charge in [0.2, 0.25) is 0 Å². The fourth-order valence-corrected chi connectivity index (χ4v) is 2.31. The molecule has 25 heavy (non-hydrogen) atoms. The van der Waals surface area contributed by atoms with Crippen molar-refractivity contribution in [3.05, 3.63) is 95.1 Å². The number of hydrogen-bond acceptors (Lipinski definition) is 0. The Morgan fingerprint density at radius 2 is 1.52 bits per heavy atom. The summed E-state index contributed by atoms with van der Waals surface area (Å²) in [4.78, 5) is 0. The van der Waals surface area contributed by atoms with E-state index in [1.807, 2.05) is 32.9 Å². The zero-order valence-corrected chi connectivity index (χ0v) is 17.1. The Morgan fingerprint density at radius 3 is 1.96 bits per heavy atom. The van der Waals surface area contributed by atoms with Crippen LogP contribution in [0.4, 0.5) is 0 Å². The largest absolute Gasteiger partial charge is 0.0961 e. The Hall–Kier alpha value is -2.08. The van der Waals surface area contributed by atoms with Crippen molar-refractivity contribution < 1.29 is 0 Å². The Bertz CT molecular complexity index is 600. The zero-order chi connectivity index (χ0) is 19.1. The molecule has 0 atom stereocenters. The molecule has 0 N–H and O–H groups in total. The second-order valence-electron chi connectivity index (χ2n) is 6.24. The first-order valence-corrected chi connectivity index (χ1v) is 9.26. The third-order valence-electron chi connectivity index (χ3n) is 3.94. The molecular weight excluding hydrogens is 300 g/mol. The standard InChI is InChI=1S/C21H28.C4H8/c1-6-20(21(7-2)16-11-17(3)4)10-8-9-19-14-12-18(5)13-15-19;1-3-4-2/h6-7,11-16H,3,8-10H2,1-2,4-5H3;3-4H,1-2H3/b16-11-,20-6-,21-7+;4-3-. The number of hydrogen-bond donors (Lipinski definition) is 0. The molecule has 0 amide bonds. The lowest BCUT2D eigenvalue weighted by molar-refractivity contribution is 0.817. The van der Waals surface area contributed by atoms with Gasteiger partial charge >= 0.3 is 0 Å². The molecule has 0 aliphatic carbocycles. The lowest BCUT2D eigenvalue weighted by atomic mass is 9.97. The molecule has 0 saturated carbocycles. The minimum atomic E-state index is 1.09. The average Bonchev–Trinajstić information content (AvgIpc) is 2.62. The molecule has 0 heterocycles. The van der Waals surface area contributed by atoms with Crippen molar-refractivity contribution in [3.8, 4) is 0 Å². The average molecular weight is 337 g/mol. The van der Waals surface area contributed by atoms with Crippen LogP contribution in [0.1, 0.15) is 58.6 Å². The topological polar surface area (TPSA) is 0 Å². The van der Waals surface area contributed by atoms with Crippen LogP contribution in [0.15, 0.2) is 84.0 Å². The van der Waals surface area contributed by atoms with E-state index in [0.717, 1.165) is 18.4 Å². The predicted molar refractivity (Wildman–Crippen MR) is 116 cm³/mol. The van der Waals surface area contributed by atoms with Gasteiger partial charge in [-0.25, -0.2) is 0 Å². The van der Waals surface area contributed by atoms with Crippen LogP contribution in [0.25, 0.3) is 0 Å². The smallest absolute Gasteiger partial charge is 0.0270 e. The normalized spacial score (nSPS) is 12.4. The molecule has 0 aliphatic heterocycles. The lowest BCUT2D eigenvalue weighted by Gasteiger charge is -2.09. The zero-order valence-electron chi connectivity index (χ0n) is 17.1. The summed E-state index contributed by atoms with van der Waals surface area (Å²) in [5, 5.41) is 0. The highest BCUT2D eigenvalue weighted by molar-refractivity contribution is 5.41. The fraction of sp³-hybridized carbons (Fsp3) is 0.360. The van der Waals surface area contributed by atoms with Crippen LogP contribution in [0.2, 0.25) is 0 Å². The van der Waals surface area contributed by atoms with Gasteiger partial charge in [0.15, 0.2) is 0 Å². The van der Waals surface area contributed by atoms with Crippen LogP contribution >= 0.6 is 0 Å². The highest BCUT2D eigenvalue weighted by atomic mass is 14.1. The van der Waals surface area contributed by atoms with Crippen molar-refractivity contribution in [3.63, 3.8) is 0 Å². The summed E-state index contributed by atoms with van der Waals surface area (Å²) in [5.41, 5.74) is 6.57. The summed E-state index contributed by atoms with van der Waals surface area (Å²) >= 11 is 0. The molecule has 0 radical (unpaired) electrons. The summed E-state index contributed by atoms with van der Waals surface area (Å²) in [6, 6.07) is 8.86. The van der Waals surface area contributed by atoms with Crippen LogP contribution in [-0.4, -0.2) is 0 Å². The Balaban J connectivity index is 0.00000129. The number of benzene rings is 1. The maximum absolute atomic E-state index is 3.92. The van der Waals surface area contributed by atoms with Gasteiger partial charge in [-0.1, -0.05) is 78.4 Å². The third kappa shape index (κ3) is 11.2. The highest BCUT2D eigenvalue weighted by Crippen LogP contribution is 2.19. The highest BCUT2D eigenvalue weighted by Gasteiger charge is 2.01. The molecule has 0 spiro atoms. The Labute approximate surface area is 156 Å². The molecule has 0 heteroatoms. The van der Waals surface area contributed by atoms with E-state index >= 15 is 0 Å². The van der Waals surface area contributed by atoms with Crippen molar-refractivity contribution in [2.75, 3.05) is 0 Å². The van der Waals surface area contributed by atoms with Gasteiger partial charge in [0.25, 0.3) is 0 Å². The van der Waals surface area contributed by atoms with Crippen molar-refractivity contribution in [2.45, 2.75) is 60.8 Å². The summed E-state index contributed by atoms with van der Waals surface area (Å²) in [5.74, 6) is 0. The van der Waals surface area contributed by atoms with Gasteiger partial charge in [0, 0.05) is 0 Å². The molecular formula is C25H36.